The number of halogens is 2. The summed E-state index contributed by atoms with van der Waals surface area (Å²) in [5, 5.41) is 4.60. The Kier molecular flexibility index (Phi) is 5.19. The summed E-state index contributed by atoms with van der Waals surface area (Å²) in [7, 11) is 0. The van der Waals surface area contributed by atoms with E-state index in [0.29, 0.717) is 26.5 Å². The fraction of sp³-hybridized carbons (Fsp3) is 0.500. The fourth-order valence-electron chi connectivity index (χ4n) is 6.38. The Labute approximate surface area is 191 Å². The second-order valence-corrected chi connectivity index (χ2v) is 10.2. The highest BCUT2D eigenvalue weighted by Crippen LogP contribution is 2.55. The molecule has 0 saturated heterocycles. The summed E-state index contributed by atoms with van der Waals surface area (Å²) < 4.78 is 5.15. The van der Waals surface area contributed by atoms with Crippen molar-refractivity contribution < 1.29 is 14.3 Å². The zero-order chi connectivity index (χ0) is 21.8. The number of hydrogen-bond donors (Lipinski definition) is 2. The quantitative estimate of drug-likeness (QED) is 0.496. The SMILES string of the molecule is CCOC(=O)c1[nH]c2cc(Cl)cc(Cl)c2c1C#CC(=O)NC12CC3CC(CC(C3)C1)C2. The van der Waals surface area contributed by atoms with E-state index in [1.54, 1.807) is 19.1 Å². The predicted molar refractivity (Wildman–Crippen MR) is 120 cm³/mol. The van der Waals surface area contributed by atoms with Gasteiger partial charge in [-0.15, -0.1) is 0 Å². The number of nitrogens with one attached hydrogen (secondary N) is 2. The summed E-state index contributed by atoms with van der Waals surface area (Å²) in [5.74, 6) is 6.94. The third-order valence-corrected chi connectivity index (χ3v) is 7.53. The molecule has 0 atom stereocenters. The second kappa shape index (κ2) is 7.76. The fourth-order valence-corrected chi connectivity index (χ4v) is 6.97. The van der Waals surface area contributed by atoms with Crippen molar-refractivity contribution in [2.75, 3.05) is 6.61 Å². The van der Waals surface area contributed by atoms with Crippen LogP contribution >= 0.6 is 23.2 Å². The van der Waals surface area contributed by atoms with Crippen LogP contribution in [0, 0.1) is 29.6 Å². The van der Waals surface area contributed by atoms with Crippen molar-refractivity contribution in [2.24, 2.45) is 17.8 Å². The van der Waals surface area contributed by atoms with E-state index in [2.05, 4.69) is 22.1 Å². The zero-order valence-corrected chi connectivity index (χ0v) is 18.8. The largest absolute Gasteiger partial charge is 0.461 e. The van der Waals surface area contributed by atoms with E-state index in [1.807, 2.05) is 0 Å². The van der Waals surface area contributed by atoms with E-state index in [1.165, 1.54) is 19.3 Å². The van der Waals surface area contributed by atoms with Crippen molar-refractivity contribution in [1.82, 2.24) is 10.3 Å². The first-order chi connectivity index (χ1) is 14.9. The van der Waals surface area contributed by atoms with E-state index in [4.69, 9.17) is 27.9 Å². The molecule has 0 spiro atoms. The molecular weight excluding hydrogens is 435 g/mol. The van der Waals surface area contributed by atoms with Crippen molar-refractivity contribution >= 4 is 46.0 Å². The van der Waals surface area contributed by atoms with Gasteiger partial charge in [-0.2, -0.15) is 0 Å². The molecule has 2 aromatic rings. The number of carbonyl (C=O) groups excluding carboxylic acids is 2. The van der Waals surface area contributed by atoms with Crippen molar-refractivity contribution in [3.05, 3.63) is 33.4 Å². The lowest BCUT2D eigenvalue weighted by Crippen LogP contribution is -2.59. The Hall–Kier alpha value is -2.16. The summed E-state index contributed by atoms with van der Waals surface area (Å²) >= 11 is 12.5. The molecule has 7 heteroatoms. The van der Waals surface area contributed by atoms with Crippen molar-refractivity contribution in [3.63, 3.8) is 0 Å². The molecule has 1 aromatic carbocycles. The number of aromatic nitrogens is 1. The molecule has 0 aliphatic heterocycles. The topological polar surface area (TPSA) is 71.2 Å². The average molecular weight is 459 g/mol. The number of carbonyl (C=O) groups is 2. The molecule has 4 saturated carbocycles. The predicted octanol–water partition coefficient (Wildman–Crippen LogP) is 5.09. The van der Waals surface area contributed by atoms with Crippen molar-refractivity contribution in [1.29, 1.82) is 0 Å². The van der Waals surface area contributed by atoms with Crippen LogP contribution in [-0.4, -0.2) is 29.0 Å². The van der Waals surface area contributed by atoms with E-state index in [0.717, 1.165) is 37.0 Å². The molecule has 6 rings (SSSR count). The van der Waals surface area contributed by atoms with E-state index >= 15 is 0 Å². The smallest absolute Gasteiger partial charge is 0.356 e. The third kappa shape index (κ3) is 3.81. The summed E-state index contributed by atoms with van der Waals surface area (Å²) in [6, 6.07) is 3.26. The summed E-state index contributed by atoms with van der Waals surface area (Å²) in [6.45, 7) is 1.96. The van der Waals surface area contributed by atoms with E-state index in [9.17, 15) is 9.59 Å². The highest BCUT2D eigenvalue weighted by Gasteiger charge is 2.51. The standard InChI is InChI=1S/C24H24Cl2N2O3/c1-2-31-23(30)22-17(21-18(26)8-16(25)9-19(21)27-22)3-4-20(29)28-24-10-13-5-14(11-24)7-15(6-13)12-24/h8-9,13-15,27H,2,5-7,10-12H2,1H3,(H,28,29). The number of rotatable bonds is 3. The lowest BCUT2D eigenvalue weighted by atomic mass is 9.53. The van der Waals surface area contributed by atoms with Crippen LogP contribution in [-0.2, 0) is 9.53 Å². The van der Waals surface area contributed by atoms with Gasteiger partial charge in [-0.25, -0.2) is 4.79 Å². The van der Waals surface area contributed by atoms with Gasteiger partial charge in [0.05, 0.1) is 22.7 Å². The van der Waals surface area contributed by atoms with Crippen LogP contribution in [0.1, 0.15) is 61.5 Å². The van der Waals surface area contributed by atoms with Crippen LogP contribution in [0.4, 0.5) is 0 Å². The van der Waals surface area contributed by atoms with Crippen LogP contribution in [0.25, 0.3) is 10.9 Å². The number of esters is 1. The van der Waals surface area contributed by atoms with Crippen LogP contribution < -0.4 is 5.32 Å². The van der Waals surface area contributed by atoms with Gasteiger partial charge < -0.3 is 15.0 Å². The minimum atomic E-state index is -0.545. The number of aromatic amines is 1. The highest BCUT2D eigenvalue weighted by atomic mass is 35.5. The summed E-state index contributed by atoms with van der Waals surface area (Å²) in [6.07, 6.45) is 7.08. The average Bonchev–Trinajstić information content (AvgIpc) is 3.04. The van der Waals surface area contributed by atoms with Gasteiger partial charge >= 0.3 is 5.97 Å². The molecule has 2 N–H and O–H groups in total. The first-order valence-corrected chi connectivity index (χ1v) is 11.6. The number of hydrogen-bond acceptors (Lipinski definition) is 3. The number of benzene rings is 1. The zero-order valence-electron chi connectivity index (χ0n) is 17.3. The van der Waals surface area contributed by atoms with Crippen LogP contribution in [0.5, 0.6) is 0 Å². The minimum absolute atomic E-state index is 0.115. The molecule has 4 aliphatic carbocycles. The third-order valence-electron chi connectivity index (χ3n) is 7.01. The van der Waals surface area contributed by atoms with E-state index in [-0.39, 0.29) is 23.7 Å². The number of fused-ring (bicyclic) bond motifs is 1. The maximum Gasteiger partial charge on any atom is 0.356 e. The minimum Gasteiger partial charge on any atom is -0.461 e. The molecule has 1 heterocycles. The van der Waals surface area contributed by atoms with E-state index < -0.39 is 5.97 Å². The normalized spacial score (nSPS) is 28.3. The van der Waals surface area contributed by atoms with Gasteiger partial charge in [-0.3, -0.25) is 4.79 Å². The lowest BCUT2D eigenvalue weighted by molar-refractivity contribution is -0.121. The van der Waals surface area contributed by atoms with Gasteiger partial charge in [0.25, 0.3) is 5.91 Å². The maximum absolute atomic E-state index is 12.8. The molecule has 1 amide bonds. The Morgan fingerprint density at radius 3 is 2.42 bits per heavy atom. The lowest BCUT2D eigenvalue weighted by Gasteiger charge is -2.56. The van der Waals surface area contributed by atoms with Gasteiger partial charge in [0.2, 0.25) is 0 Å². The Balaban J connectivity index is 1.46. The molecular formula is C24H24Cl2N2O3. The first-order valence-electron chi connectivity index (χ1n) is 10.9. The molecule has 5 nitrogen and oxygen atoms in total. The van der Waals surface area contributed by atoms with Gasteiger partial charge in [0.1, 0.15) is 5.69 Å². The van der Waals surface area contributed by atoms with Gasteiger partial charge in [0.15, 0.2) is 0 Å². The molecule has 0 unspecified atom stereocenters. The highest BCUT2D eigenvalue weighted by molar-refractivity contribution is 6.39. The van der Waals surface area contributed by atoms with Crippen molar-refractivity contribution in [3.8, 4) is 11.8 Å². The first kappa shape index (κ1) is 20.7. The van der Waals surface area contributed by atoms with Crippen LogP contribution in [0.2, 0.25) is 10.0 Å². The molecule has 0 radical (unpaired) electrons. The molecule has 4 bridgehead atoms. The molecule has 1 aromatic heterocycles. The number of amides is 1. The molecule has 4 aliphatic rings. The van der Waals surface area contributed by atoms with Gasteiger partial charge in [0, 0.05) is 21.9 Å². The van der Waals surface area contributed by atoms with Gasteiger partial charge in [-0.1, -0.05) is 29.1 Å². The Morgan fingerprint density at radius 1 is 1.16 bits per heavy atom. The summed E-state index contributed by atoms with van der Waals surface area (Å²) in [5.41, 5.74) is 0.994. The van der Waals surface area contributed by atoms with Crippen LogP contribution in [0.15, 0.2) is 12.1 Å². The molecule has 4 fully saturated rings. The number of H-pyrrole nitrogens is 1. The second-order valence-electron chi connectivity index (χ2n) is 9.31. The van der Waals surface area contributed by atoms with Gasteiger partial charge in [-0.05, 0) is 75.3 Å². The monoisotopic (exact) mass is 458 g/mol. The molecule has 162 valence electrons. The number of ether oxygens (including phenoxy) is 1. The maximum atomic E-state index is 12.8. The summed E-state index contributed by atoms with van der Waals surface area (Å²) in [4.78, 5) is 28.3. The molecule has 31 heavy (non-hydrogen) atoms. The Morgan fingerprint density at radius 2 is 1.81 bits per heavy atom. The van der Waals surface area contributed by atoms with Crippen molar-refractivity contribution in [2.45, 2.75) is 51.0 Å². The Bertz CT molecular complexity index is 1110. The van der Waals surface area contributed by atoms with Crippen LogP contribution in [0.3, 0.4) is 0 Å².